The van der Waals surface area contributed by atoms with Gasteiger partial charge in [0.25, 0.3) is 0 Å². The molecule has 2 aliphatic heterocycles. The van der Waals surface area contributed by atoms with Crippen LogP contribution in [0, 0.1) is 5.92 Å². The summed E-state index contributed by atoms with van der Waals surface area (Å²) in [5.74, 6) is 1.57. The molecule has 5 rings (SSSR count). The molecule has 8 heteroatoms. The van der Waals surface area contributed by atoms with Gasteiger partial charge in [-0.1, -0.05) is 23.7 Å². The lowest BCUT2D eigenvalue weighted by molar-refractivity contribution is 0.247. The number of ether oxygens (including phenoxy) is 1. The fourth-order valence-corrected chi connectivity index (χ4v) is 4.74. The molecular weight excluding hydrogens is 436 g/mol. The van der Waals surface area contributed by atoms with Crippen molar-refractivity contribution in [2.45, 2.75) is 18.9 Å². The van der Waals surface area contributed by atoms with Crippen molar-refractivity contribution in [2.24, 2.45) is 16.6 Å². The summed E-state index contributed by atoms with van der Waals surface area (Å²) in [7, 11) is 2.15. The number of fused-ring (bicyclic) bond motifs is 1. The highest BCUT2D eigenvalue weighted by Gasteiger charge is 2.27. The van der Waals surface area contributed by atoms with Crippen LogP contribution >= 0.6 is 11.6 Å². The number of likely N-dealkylation sites (tertiary alicyclic amines) is 1. The van der Waals surface area contributed by atoms with Gasteiger partial charge < -0.3 is 21.1 Å². The third-order valence-electron chi connectivity index (χ3n) is 6.31. The van der Waals surface area contributed by atoms with Crippen molar-refractivity contribution < 1.29 is 4.74 Å². The molecule has 2 atom stereocenters. The van der Waals surface area contributed by atoms with Gasteiger partial charge in [0.1, 0.15) is 5.75 Å². The molecule has 1 saturated heterocycles. The maximum absolute atomic E-state index is 6.58. The van der Waals surface area contributed by atoms with Crippen molar-refractivity contribution in [1.82, 2.24) is 14.9 Å². The Morgan fingerprint density at radius 1 is 1.24 bits per heavy atom. The molecule has 0 amide bonds. The van der Waals surface area contributed by atoms with Crippen LogP contribution in [0.2, 0.25) is 5.02 Å². The van der Waals surface area contributed by atoms with Crippen LogP contribution in [0.3, 0.4) is 0 Å². The molecule has 1 aromatic heterocycles. The molecule has 0 bridgehead atoms. The zero-order valence-electron chi connectivity index (χ0n) is 18.5. The Balaban J connectivity index is 1.47. The minimum absolute atomic E-state index is 0.233. The number of aliphatic imine (C=N–C) groups is 1. The van der Waals surface area contributed by atoms with E-state index in [1.54, 1.807) is 6.20 Å². The highest BCUT2D eigenvalue weighted by Crippen LogP contribution is 2.41. The summed E-state index contributed by atoms with van der Waals surface area (Å²) in [5.41, 5.74) is 17.8. The lowest BCUT2D eigenvalue weighted by Crippen LogP contribution is -2.22. The van der Waals surface area contributed by atoms with Crippen molar-refractivity contribution in [3.63, 3.8) is 0 Å². The Labute approximate surface area is 198 Å². The molecule has 0 saturated carbocycles. The van der Waals surface area contributed by atoms with E-state index < -0.39 is 0 Å². The van der Waals surface area contributed by atoms with E-state index in [0.29, 0.717) is 24.0 Å². The van der Waals surface area contributed by atoms with Gasteiger partial charge in [-0.3, -0.25) is 4.99 Å². The lowest BCUT2D eigenvalue weighted by Gasteiger charge is -2.16. The molecule has 0 aliphatic carbocycles. The zero-order valence-corrected chi connectivity index (χ0v) is 19.3. The van der Waals surface area contributed by atoms with Crippen LogP contribution in [-0.4, -0.2) is 47.3 Å². The number of hydrogen-bond acceptors (Lipinski definition) is 7. The molecule has 3 aromatic rings. The Bertz CT molecular complexity index is 1210. The average Bonchev–Trinajstić information content (AvgIpc) is 3.43. The molecule has 2 unspecified atom stereocenters. The number of anilines is 1. The molecule has 170 valence electrons. The predicted octanol–water partition coefficient (Wildman–Crippen LogP) is 4.04. The van der Waals surface area contributed by atoms with E-state index in [1.807, 2.05) is 42.5 Å². The SMILES string of the molecule is CN1CCC(COc2cc(-c3ccnc(N)n3)cc3c2CC(C(N)c2cccc(Cl)c2)=N3)C1. The number of halogens is 1. The van der Waals surface area contributed by atoms with Crippen molar-refractivity contribution in [1.29, 1.82) is 0 Å². The van der Waals surface area contributed by atoms with E-state index >= 15 is 0 Å². The third kappa shape index (κ3) is 4.71. The van der Waals surface area contributed by atoms with E-state index in [2.05, 4.69) is 21.9 Å². The van der Waals surface area contributed by atoms with Crippen LogP contribution in [0.15, 0.2) is 53.7 Å². The number of aromatic nitrogens is 2. The summed E-state index contributed by atoms with van der Waals surface area (Å²) in [6.07, 6.45) is 3.43. The minimum atomic E-state index is -0.342. The van der Waals surface area contributed by atoms with Gasteiger partial charge in [0.05, 0.1) is 24.0 Å². The summed E-state index contributed by atoms with van der Waals surface area (Å²) >= 11 is 6.18. The number of rotatable bonds is 6. The van der Waals surface area contributed by atoms with Gasteiger partial charge in [-0.2, -0.15) is 0 Å². The number of nitrogen functional groups attached to an aromatic ring is 1. The maximum atomic E-state index is 6.58. The van der Waals surface area contributed by atoms with Gasteiger partial charge in [-0.05, 0) is 55.9 Å². The highest BCUT2D eigenvalue weighted by atomic mass is 35.5. The fourth-order valence-electron chi connectivity index (χ4n) is 4.54. The summed E-state index contributed by atoms with van der Waals surface area (Å²) < 4.78 is 6.39. The largest absolute Gasteiger partial charge is 0.493 e. The van der Waals surface area contributed by atoms with E-state index in [4.69, 9.17) is 32.8 Å². The van der Waals surface area contributed by atoms with Crippen molar-refractivity contribution in [3.8, 4) is 17.0 Å². The van der Waals surface area contributed by atoms with Gasteiger partial charge in [0.15, 0.2) is 0 Å². The Morgan fingerprint density at radius 2 is 2.12 bits per heavy atom. The first-order valence-corrected chi connectivity index (χ1v) is 11.5. The van der Waals surface area contributed by atoms with Gasteiger partial charge in [-0.15, -0.1) is 0 Å². The van der Waals surface area contributed by atoms with Crippen LogP contribution in [0.4, 0.5) is 11.6 Å². The first-order chi connectivity index (χ1) is 16.0. The van der Waals surface area contributed by atoms with Crippen LogP contribution in [0.1, 0.15) is 23.6 Å². The van der Waals surface area contributed by atoms with Crippen molar-refractivity contribution in [3.05, 3.63) is 64.8 Å². The quantitative estimate of drug-likeness (QED) is 0.573. The Kier molecular flexibility index (Phi) is 6.01. The first kappa shape index (κ1) is 21.8. The number of nitrogens with two attached hydrogens (primary N) is 2. The summed E-state index contributed by atoms with van der Waals surface area (Å²) in [4.78, 5) is 15.6. The average molecular weight is 463 g/mol. The third-order valence-corrected chi connectivity index (χ3v) is 6.54. The van der Waals surface area contributed by atoms with Gasteiger partial charge in [0.2, 0.25) is 5.95 Å². The predicted molar refractivity (Wildman–Crippen MR) is 132 cm³/mol. The summed E-state index contributed by atoms with van der Waals surface area (Å²) in [6, 6.07) is 13.2. The smallest absolute Gasteiger partial charge is 0.220 e. The second-order valence-electron chi connectivity index (χ2n) is 8.81. The molecule has 2 aliphatic rings. The molecule has 33 heavy (non-hydrogen) atoms. The molecule has 1 fully saturated rings. The van der Waals surface area contributed by atoms with E-state index in [0.717, 1.165) is 59.0 Å². The van der Waals surface area contributed by atoms with Gasteiger partial charge in [0, 0.05) is 46.9 Å². The monoisotopic (exact) mass is 462 g/mol. The van der Waals surface area contributed by atoms with E-state index in [1.165, 1.54) is 0 Å². The molecule has 7 nitrogen and oxygen atoms in total. The van der Waals surface area contributed by atoms with E-state index in [9.17, 15) is 0 Å². The lowest BCUT2D eigenvalue weighted by atomic mass is 9.98. The first-order valence-electron chi connectivity index (χ1n) is 11.1. The number of hydrogen-bond donors (Lipinski definition) is 2. The number of nitrogens with zero attached hydrogens (tertiary/aromatic N) is 4. The zero-order chi connectivity index (χ0) is 22.9. The molecule has 0 radical (unpaired) electrons. The molecule has 2 aromatic carbocycles. The molecule has 0 spiro atoms. The fraction of sp³-hybridized carbons (Fsp3) is 0.320. The molecule has 3 heterocycles. The Morgan fingerprint density at radius 3 is 2.88 bits per heavy atom. The summed E-state index contributed by atoms with van der Waals surface area (Å²) in [6.45, 7) is 2.82. The van der Waals surface area contributed by atoms with Crippen molar-refractivity contribution >= 4 is 28.9 Å². The van der Waals surface area contributed by atoms with E-state index in [-0.39, 0.29) is 12.0 Å². The standard InChI is InChI=1S/C25H27ClN6O/c1-32-8-6-15(13-32)14-33-23-11-17(20-5-7-29-25(28)31-20)10-21-19(23)12-22(30-21)24(27)16-3-2-4-18(26)9-16/h2-5,7,9-11,15,24H,6,8,12-14,27H2,1H3,(H2,28,29,31). The molecular formula is C25H27ClN6O. The van der Waals surface area contributed by atoms with Crippen molar-refractivity contribution in [2.75, 3.05) is 32.5 Å². The normalized spacial score (nSPS) is 18.8. The van der Waals surface area contributed by atoms with Crippen LogP contribution in [0.5, 0.6) is 5.75 Å². The van der Waals surface area contributed by atoms with Gasteiger partial charge in [-0.25, -0.2) is 9.97 Å². The van der Waals surface area contributed by atoms with Crippen LogP contribution in [-0.2, 0) is 6.42 Å². The maximum Gasteiger partial charge on any atom is 0.220 e. The topological polar surface area (TPSA) is 103 Å². The highest BCUT2D eigenvalue weighted by molar-refractivity contribution is 6.30. The van der Waals surface area contributed by atoms with Gasteiger partial charge >= 0.3 is 0 Å². The second kappa shape index (κ2) is 9.09. The second-order valence-corrected chi connectivity index (χ2v) is 9.25. The summed E-state index contributed by atoms with van der Waals surface area (Å²) in [5, 5.41) is 0.660. The minimum Gasteiger partial charge on any atom is -0.493 e. The van der Waals surface area contributed by atoms with Crippen LogP contribution < -0.4 is 16.2 Å². The van der Waals surface area contributed by atoms with Crippen LogP contribution in [0.25, 0.3) is 11.3 Å². The molecule has 4 N–H and O–H groups in total. The Hall–Kier alpha value is -3.00. The number of benzene rings is 2.